The van der Waals surface area contributed by atoms with Gasteiger partial charge in [-0.2, -0.15) is 0 Å². The Labute approximate surface area is 115 Å². The van der Waals surface area contributed by atoms with E-state index in [4.69, 9.17) is 5.73 Å². The van der Waals surface area contributed by atoms with Crippen LogP contribution >= 0.6 is 0 Å². The van der Waals surface area contributed by atoms with Crippen LogP contribution in [0.4, 0.5) is 11.4 Å². The molecule has 0 radical (unpaired) electrons. The lowest BCUT2D eigenvalue weighted by atomic mass is 9.92. The van der Waals surface area contributed by atoms with Gasteiger partial charge in [0.1, 0.15) is 0 Å². The second kappa shape index (κ2) is 6.06. The van der Waals surface area contributed by atoms with Crippen LogP contribution in [-0.2, 0) is 4.79 Å². The van der Waals surface area contributed by atoms with Crippen LogP contribution in [0.2, 0.25) is 0 Å². The van der Waals surface area contributed by atoms with E-state index < -0.39 is 0 Å². The van der Waals surface area contributed by atoms with E-state index in [9.17, 15) is 4.79 Å². The summed E-state index contributed by atoms with van der Waals surface area (Å²) in [5.41, 5.74) is 7.13. The van der Waals surface area contributed by atoms with Gasteiger partial charge in [-0.25, -0.2) is 0 Å². The summed E-state index contributed by atoms with van der Waals surface area (Å²) in [6.07, 6.45) is 2.43. The molecule has 2 rings (SSSR count). The molecule has 0 spiro atoms. The summed E-state index contributed by atoms with van der Waals surface area (Å²) in [5, 5.41) is 2.89. The minimum absolute atomic E-state index is 0.0128. The maximum Gasteiger partial charge on any atom is 0.238 e. The first-order chi connectivity index (χ1) is 9.08. The number of rotatable bonds is 3. The molecule has 1 heterocycles. The van der Waals surface area contributed by atoms with Gasteiger partial charge >= 0.3 is 0 Å². The molecule has 1 amide bonds. The molecular formula is C15H23N3O. The van der Waals surface area contributed by atoms with Crippen LogP contribution in [-0.4, -0.2) is 29.9 Å². The third kappa shape index (κ3) is 3.47. The second-order valence-corrected chi connectivity index (χ2v) is 5.47. The fourth-order valence-electron chi connectivity index (χ4n) is 2.63. The predicted octanol–water partition coefficient (Wildman–Crippen LogP) is 2.33. The lowest BCUT2D eigenvalue weighted by Gasteiger charge is -2.37. The number of nitrogens with two attached hydrogens (primary N) is 1. The average Bonchev–Trinajstić information content (AvgIpc) is 2.38. The van der Waals surface area contributed by atoms with E-state index in [2.05, 4.69) is 24.1 Å². The van der Waals surface area contributed by atoms with E-state index in [0.717, 1.165) is 6.54 Å². The number of amides is 1. The van der Waals surface area contributed by atoms with Crippen molar-refractivity contribution >= 4 is 17.3 Å². The summed E-state index contributed by atoms with van der Waals surface area (Å²) in [7, 11) is 0. The smallest absolute Gasteiger partial charge is 0.238 e. The number of hydrogen-bond acceptors (Lipinski definition) is 3. The second-order valence-electron chi connectivity index (χ2n) is 5.47. The molecule has 0 bridgehead atoms. The summed E-state index contributed by atoms with van der Waals surface area (Å²) in [6.45, 7) is 5.90. The fourth-order valence-corrected chi connectivity index (χ4v) is 2.63. The number of nitrogen functional groups attached to an aromatic ring is 1. The van der Waals surface area contributed by atoms with Crippen molar-refractivity contribution in [3.63, 3.8) is 0 Å². The van der Waals surface area contributed by atoms with E-state index in [1.165, 1.54) is 12.8 Å². The molecule has 0 aliphatic carbocycles. The first kappa shape index (κ1) is 13.9. The van der Waals surface area contributed by atoms with E-state index >= 15 is 0 Å². The monoisotopic (exact) mass is 261 g/mol. The highest BCUT2D eigenvalue weighted by atomic mass is 16.2. The van der Waals surface area contributed by atoms with Gasteiger partial charge in [0.15, 0.2) is 0 Å². The molecule has 0 aromatic heterocycles. The van der Waals surface area contributed by atoms with E-state index in [1.807, 2.05) is 18.2 Å². The third-order valence-electron chi connectivity index (χ3n) is 4.09. The Morgan fingerprint density at radius 3 is 2.89 bits per heavy atom. The van der Waals surface area contributed by atoms with Crippen molar-refractivity contribution in [3.8, 4) is 0 Å². The van der Waals surface area contributed by atoms with Crippen LogP contribution in [0, 0.1) is 5.92 Å². The Morgan fingerprint density at radius 1 is 1.42 bits per heavy atom. The maximum absolute atomic E-state index is 12.1. The number of carbonyl (C=O) groups is 1. The zero-order valence-corrected chi connectivity index (χ0v) is 11.7. The van der Waals surface area contributed by atoms with E-state index in [1.54, 1.807) is 6.07 Å². The SMILES string of the molecule is CC1CCCN(CC(=O)Nc2ccccc2N)C1C. The van der Waals surface area contributed by atoms with E-state index in [-0.39, 0.29) is 5.91 Å². The molecule has 0 saturated carbocycles. The van der Waals surface area contributed by atoms with Crippen molar-refractivity contribution in [1.82, 2.24) is 4.90 Å². The first-order valence-electron chi connectivity index (χ1n) is 6.96. The summed E-state index contributed by atoms with van der Waals surface area (Å²) in [5.74, 6) is 0.669. The van der Waals surface area contributed by atoms with Gasteiger partial charge in [-0.15, -0.1) is 0 Å². The number of para-hydroxylation sites is 2. The van der Waals surface area contributed by atoms with Gasteiger partial charge in [-0.05, 0) is 44.4 Å². The Kier molecular flexibility index (Phi) is 4.43. The number of nitrogens with zero attached hydrogens (tertiary/aromatic N) is 1. The minimum atomic E-state index is 0.0128. The van der Waals surface area contributed by atoms with Crippen molar-refractivity contribution in [3.05, 3.63) is 24.3 Å². The van der Waals surface area contributed by atoms with Crippen LogP contribution in [0.25, 0.3) is 0 Å². The molecule has 1 aliphatic rings. The summed E-state index contributed by atoms with van der Waals surface area (Å²) in [4.78, 5) is 14.3. The van der Waals surface area contributed by atoms with Gasteiger partial charge in [0.2, 0.25) is 5.91 Å². The number of nitrogens with one attached hydrogen (secondary N) is 1. The van der Waals surface area contributed by atoms with Crippen LogP contribution in [0.1, 0.15) is 26.7 Å². The molecule has 104 valence electrons. The van der Waals surface area contributed by atoms with Crippen LogP contribution in [0.15, 0.2) is 24.3 Å². The van der Waals surface area contributed by atoms with Crippen LogP contribution in [0.5, 0.6) is 0 Å². The number of anilines is 2. The highest BCUT2D eigenvalue weighted by Crippen LogP contribution is 2.23. The molecule has 1 aromatic rings. The van der Waals surface area contributed by atoms with E-state index in [0.29, 0.717) is 29.9 Å². The predicted molar refractivity (Wildman–Crippen MR) is 78.9 cm³/mol. The largest absolute Gasteiger partial charge is 0.397 e. The molecule has 1 aromatic carbocycles. The molecule has 1 fully saturated rings. The summed E-state index contributed by atoms with van der Waals surface area (Å²) >= 11 is 0. The number of hydrogen-bond donors (Lipinski definition) is 2. The number of carbonyl (C=O) groups excluding carboxylic acids is 1. The van der Waals surface area contributed by atoms with Crippen molar-refractivity contribution in [2.24, 2.45) is 5.92 Å². The lowest BCUT2D eigenvalue weighted by molar-refractivity contribution is -0.118. The quantitative estimate of drug-likeness (QED) is 0.821. The number of likely N-dealkylation sites (tertiary alicyclic amines) is 1. The van der Waals surface area contributed by atoms with Crippen molar-refractivity contribution in [2.75, 3.05) is 24.1 Å². The molecule has 1 aliphatic heterocycles. The van der Waals surface area contributed by atoms with Gasteiger partial charge in [0.05, 0.1) is 17.9 Å². The van der Waals surface area contributed by atoms with Gasteiger partial charge in [0.25, 0.3) is 0 Å². The highest BCUT2D eigenvalue weighted by Gasteiger charge is 2.26. The molecular weight excluding hydrogens is 238 g/mol. The third-order valence-corrected chi connectivity index (χ3v) is 4.09. The Balaban J connectivity index is 1.93. The molecule has 1 saturated heterocycles. The van der Waals surface area contributed by atoms with Crippen molar-refractivity contribution in [1.29, 1.82) is 0 Å². The standard InChI is InChI=1S/C15H23N3O/c1-11-6-5-9-18(12(11)2)10-15(19)17-14-8-4-3-7-13(14)16/h3-4,7-8,11-12H,5-6,9-10,16H2,1-2H3,(H,17,19). The molecule has 19 heavy (non-hydrogen) atoms. The molecule has 4 nitrogen and oxygen atoms in total. The number of piperidine rings is 1. The lowest BCUT2D eigenvalue weighted by Crippen LogP contribution is -2.46. The topological polar surface area (TPSA) is 58.4 Å². The average molecular weight is 261 g/mol. The van der Waals surface area contributed by atoms with Crippen molar-refractivity contribution < 1.29 is 4.79 Å². The summed E-state index contributed by atoms with van der Waals surface area (Å²) in [6, 6.07) is 7.82. The highest BCUT2D eigenvalue weighted by molar-refractivity contribution is 5.95. The minimum Gasteiger partial charge on any atom is -0.397 e. The maximum atomic E-state index is 12.1. The number of benzene rings is 1. The normalized spacial score (nSPS) is 24.1. The first-order valence-corrected chi connectivity index (χ1v) is 6.96. The molecule has 3 N–H and O–H groups in total. The van der Waals surface area contributed by atoms with Gasteiger partial charge in [-0.1, -0.05) is 19.1 Å². The fraction of sp³-hybridized carbons (Fsp3) is 0.533. The Bertz CT molecular complexity index is 447. The van der Waals surface area contributed by atoms with Gasteiger partial charge < -0.3 is 11.1 Å². The Morgan fingerprint density at radius 2 is 2.16 bits per heavy atom. The molecule has 2 atom stereocenters. The Hall–Kier alpha value is -1.55. The zero-order chi connectivity index (χ0) is 13.8. The summed E-state index contributed by atoms with van der Waals surface area (Å²) < 4.78 is 0. The molecule has 2 unspecified atom stereocenters. The van der Waals surface area contributed by atoms with Crippen LogP contribution < -0.4 is 11.1 Å². The van der Waals surface area contributed by atoms with Crippen molar-refractivity contribution in [2.45, 2.75) is 32.7 Å². The van der Waals surface area contributed by atoms with Crippen LogP contribution in [0.3, 0.4) is 0 Å². The van der Waals surface area contributed by atoms with Gasteiger partial charge in [-0.3, -0.25) is 9.69 Å². The van der Waals surface area contributed by atoms with Gasteiger partial charge in [0, 0.05) is 6.04 Å². The zero-order valence-electron chi connectivity index (χ0n) is 11.7. The molecule has 4 heteroatoms.